The Morgan fingerprint density at radius 2 is 2.04 bits per heavy atom. The highest BCUT2D eigenvalue weighted by Gasteiger charge is 2.11. The number of benzene rings is 2. The molecular weight excluding hydrogens is 439 g/mol. The zero-order chi connectivity index (χ0) is 19.1. The van der Waals surface area contributed by atoms with Crippen LogP contribution in [0, 0.1) is 23.7 Å². The van der Waals surface area contributed by atoms with Crippen molar-refractivity contribution in [1.82, 2.24) is 0 Å². The highest BCUT2D eigenvalue weighted by molar-refractivity contribution is 9.10. The summed E-state index contributed by atoms with van der Waals surface area (Å²) in [5.74, 6) is 2.38. The lowest BCUT2D eigenvalue weighted by Crippen LogP contribution is -2.13. The van der Waals surface area contributed by atoms with Gasteiger partial charge in [-0.15, -0.1) is 6.42 Å². The molecule has 0 aliphatic heterocycles. The number of amides is 1. The molecular formula is C19H11BrCl2N2O2. The zero-order valence-corrected chi connectivity index (χ0v) is 16.3. The highest BCUT2D eigenvalue weighted by Crippen LogP contribution is 2.27. The lowest BCUT2D eigenvalue weighted by Gasteiger charge is -2.07. The number of rotatable bonds is 5. The van der Waals surface area contributed by atoms with Crippen LogP contribution in [0.1, 0.15) is 5.56 Å². The summed E-state index contributed by atoms with van der Waals surface area (Å²) < 4.78 is 6.00. The summed E-state index contributed by atoms with van der Waals surface area (Å²) in [6.45, 7) is 0.142. The molecule has 0 aliphatic carbocycles. The van der Waals surface area contributed by atoms with Crippen molar-refractivity contribution in [3.05, 3.63) is 62.1 Å². The normalized spacial score (nSPS) is 10.6. The van der Waals surface area contributed by atoms with Crippen molar-refractivity contribution in [3.8, 4) is 24.2 Å². The van der Waals surface area contributed by atoms with Gasteiger partial charge in [0.05, 0.1) is 14.5 Å². The van der Waals surface area contributed by atoms with E-state index in [1.54, 1.807) is 30.3 Å². The Morgan fingerprint density at radius 1 is 1.27 bits per heavy atom. The first-order valence-corrected chi connectivity index (χ1v) is 8.73. The Balaban J connectivity index is 2.20. The second kappa shape index (κ2) is 9.31. The Morgan fingerprint density at radius 3 is 2.65 bits per heavy atom. The lowest BCUT2D eigenvalue weighted by atomic mass is 10.1. The van der Waals surface area contributed by atoms with Gasteiger partial charge in [0, 0.05) is 5.69 Å². The van der Waals surface area contributed by atoms with Crippen LogP contribution in [0.15, 0.2) is 46.4 Å². The third-order valence-corrected chi connectivity index (χ3v) is 4.48. The standard InChI is InChI=1S/C19H11BrCl2N2O2/c1-2-7-26-18-6-3-12(9-15(18)20)8-13(11-23)19(25)24-14-4-5-16(21)17(22)10-14/h1,3-6,8-10H,7H2,(H,24,25)/b13-8+. The number of hydrogen-bond acceptors (Lipinski definition) is 3. The SMILES string of the molecule is C#CCOc1ccc(/C=C(\C#N)C(=O)Nc2ccc(Cl)c(Cl)c2)cc1Br. The van der Waals surface area contributed by atoms with E-state index < -0.39 is 5.91 Å². The third kappa shape index (κ3) is 5.28. The average molecular weight is 450 g/mol. The second-order valence-electron chi connectivity index (χ2n) is 4.94. The van der Waals surface area contributed by atoms with Gasteiger partial charge in [-0.1, -0.05) is 35.2 Å². The number of carbonyl (C=O) groups excluding carboxylic acids is 1. The molecule has 2 aromatic carbocycles. The van der Waals surface area contributed by atoms with Gasteiger partial charge in [-0.05, 0) is 57.9 Å². The van der Waals surface area contributed by atoms with E-state index in [0.717, 1.165) is 0 Å². The van der Waals surface area contributed by atoms with E-state index in [2.05, 4.69) is 27.2 Å². The molecule has 0 radical (unpaired) electrons. The van der Waals surface area contributed by atoms with Crippen molar-refractivity contribution in [1.29, 1.82) is 5.26 Å². The van der Waals surface area contributed by atoms with Gasteiger partial charge >= 0.3 is 0 Å². The van der Waals surface area contributed by atoms with E-state index in [0.29, 0.717) is 31.5 Å². The fraction of sp³-hybridized carbons (Fsp3) is 0.0526. The molecule has 0 aliphatic rings. The summed E-state index contributed by atoms with van der Waals surface area (Å²) in [4.78, 5) is 12.3. The van der Waals surface area contributed by atoms with Crippen molar-refractivity contribution in [2.45, 2.75) is 0 Å². The topological polar surface area (TPSA) is 62.1 Å². The number of nitrogens with zero attached hydrogens (tertiary/aromatic N) is 1. The molecule has 0 saturated heterocycles. The molecule has 2 rings (SSSR count). The molecule has 7 heteroatoms. The monoisotopic (exact) mass is 448 g/mol. The van der Waals surface area contributed by atoms with Gasteiger partial charge in [0.25, 0.3) is 5.91 Å². The fourth-order valence-corrected chi connectivity index (χ4v) is 2.74. The van der Waals surface area contributed by atoms with Gasteiger partial charge in [0.15, 0.2) is 0 Å². The van der Waals surface area contributed by atoms with Crippen LogP contribution in [0.3, 0.4) is 0 Å². The highest BCUT2D eigenvalue weighted by atomic mass is 79.9. The fourth-order valence-electron chi connectivity index (χ4n) is 1.93. The molecule has 0 heterocycles. The van der Waals surface area contributed by atoms with Gasteiger partial charge in [0.1, 0.15) is 24.0 Å². The van der Waals surface area contributed by atoms with Crippen LogP contribution in [0.25, 0.3) is 6.08 Å². The van der Waals surface area contributed by atoms with Crippen molar-refractivity contribution in [3.63, 3.8) is 0 Å². The number of hydrogen-bond donors (Lipinski definition) is 1. The molecule has 0 saturated carbocycles. The quantitative estimate of drug-likeness (QED) is 0.382. The minimum Gasteiger partial charge on any atom is -0.480 e. The van der Waals surface area contributed by atoms with Crippen LogP contribution in [0.4, 0.5) is 5.69 Å². The number of ether oxygens (including phenoxy) is 1. The van der Waals surface area contributed by atoms with Crippen molar-refractivity contribution in [2.75, 3.05) is 11.9 Å². The average Bonchev–Trinajstić information content (AvgIpc) is 2.62. The van der Waals surface area contributed by atoms with Gasteiger partial charge < -0.3 is 10.1 Å². The van der Waals surface area contributed by atoms with Crippen molar-refractivity contribution in [2.24, 2.45) is 0 Å². The molecule has 1 amide bonds. The smallest absolute Gasteiger partial charge is 0.266 e. The molecule has 130 valence electrons. The summed E-state index contributed by atoms with van der Waals surface area (Å²) in [5, 5.41) is 12.6. The van der Waals surface area contributed by atoms with Crippen LogP contribution < -0.4 is 10.1 Å². The first-order valence-electron chi connectivity index (χ1n) is 7.18. The zero-order valence-electron chi connectivity index (χ0n) is 13.2. The molecule has 2 aromatic rings. The molecule has 0 spiro atoms. The first kappa shape index (κ1) is 19.9. The Kier molecular flexibility index (Phi) is 7.12. The number of nitrogens with one attached hydrogen (secondary N) is 1. The minimum atomic E-state index is -0.560. The van der Waals surface area contributed by atoms with Crippen molar-refractivity contribution < 1.29 is 9.53 Å². The van der Waals surface area contributed by atoms with E-state index >= 15 is 0 Å². The summed E-state index contributed by atoms with van der Waals surface area (Å²) in [5.41, 5.74) is 1.01. The van der Waals surface area contributed by atoms with Crippen LogP contribution in [0.5, 0.6) is 5.75 Å². The number of carbonyl (C=O) groups is 1. The van der Waals surface area contributed by atoms with Crippen LogP contribution in [-0.2, 0) is 4.79 Å². The Labute approximate surface area is 169 Å². The summed E-state index contributed by atoms with van der Waals surface area (Å²) in [7, 11) is 0. The molecule has 0 aromatic heterocycles. The van der Waals surface area contributed by atoms with E-state index in [1.165, 1.54) is 12.1 Å². The second-order valence-corrected chi connectivity index (χ2v) is 6.60. The maximum atomic E-state index is 12.3. The maximum Gasteiger partial charge on any atom is 0.266 e. The molecule has 0 bridgehead atoms. The summed E-state index contributed by atoms with van der Waals surface area (Å²) >= 11 is 15.1. The molecule has 1 N–H and O–H groups in total. The first-order chi connectivity index (χ1) is 12.4. The van der Waals surface area contributed by atoms with Crippen LogP contribution >= 0.6 is 39.1 Å². The van der Waals surface area contributed by atoms with Crippen LogP contribution in [-0.4, -0.2) is 12.5 Å². The number of terminal acetylenes is 1. The molecule has 26 heavy (non-hydrogen) atoms. The predicted molar refractivity (Wildman–Crippen MR) is 107 cm³/mol. The van der Waals surface area contributed by atoms with Gasteiger partial charge in [-0.3, -0.25) is 4.79 Å². The maximum absolute atomic E-state index is 12.3. The van der Waals surface area contributed by atoms with E-state index in [9.17, 15) is 10.1 Å². The predicted octanol–water partition coefficient (Wildman–Crippen LogP) is 5.31. The van der Waals surface area contributed by atoms with E-state index in [1.807, 2.05) is 6.07 Å². The lowest BCUT2D eigenvalue weighted by molar-refractivity contribution is -0.112. The largest absolute Gasteiger partial charge is 0.480 e. The van der Waals surface area contributed by atoms with E-state index in [-0.39, 0.29) is 12.2 Å². The number of anilines is 1. The Hall–Kier alpha value is -2.44. The Bertz CT molecular complexity index is 959. The number of halogens is 3. The van der Waals surface area contributed by atoms with Gasteiger partial charge in [-0.2, -0.15) is 5.26 Å². The summed E-state index contributed by atoms with van der Waals surface area (Å²) in [6.07, 6.45) is 6.62. The molecule has 4 nitrogen and oxygen atoms in total. The van der Waals surface area contributed by atoms with Crippen LogP contribution in [0.2, 0.25) is 10.0 Å². The molecule has 0 fully saturated rings. The number of nitriles is 1. The van der Waals surface area contributed by atoms with E-state index in [4.69, 9.17) is 34.4 Å². The van der Waals surface area contributed by atoms with Gasteiger partial charge in [0.2, 0.25) is 0 Å². The minimum absolute atomic E-state index is 0.0692. The molecule has 0 unspecified atom stereocenters. The molecule has 0 atom stereocenters. The van der Waals surface area contributed by atoms with Gasteiger partial charge in [-0.25, -0.2) is 0 Å². The third-order valence-electron chi connectivity index (χ3n) is 3.12. The summed E-state index contributed by atoms with van der Waals surface area (Å²) in [6, 6.07) is 11.7. The van der Waals surface area contributed by atoms with Crippen molar-refractivity contribution >= 4 is 56.8 Å².